The number of hydrogen-bond acceptors (Lipinski definition) is 7. The van der Waals surface area contributed by atoms with E-state index in [9.17, 15) is 13.2 Å². The summed E-state index contributed by atoms with van der Waals surface area (Å²) >= 11 is 2.09. The van der Waals surface area contributed by atoms with Crippen molar-refractivity contribution in [3.63, 3.8) is 0 Å². The smallest absolute Gasteiger partial charge is 0.410 e. The first-order valence-electron chi connectivity index (χ1n) is 10.5. The first-order chi connectivity index (χ1) is 15.5. The van der Waals surface area contributed by atoms with Crippen molar-refractivity contribution in [2.24, 2.45) is 0 Å². The Kier molecular flexibility index (Phi) is 6.40. The molecule has 1 aliphatic rings. The molecule has 1 aromatic carbocycles. The summed E-state index contributed by atoms with van der Waals surface area (Å²) in [5.41, 5.74) is 1.20. The van der Waals surface area contributed by atoms with Crippen LogP contribution in [0.2, 0.25) is 0 Å². The lowest BCUT2D eigenvalue weighted by Crippen LogP contribution is -2.50. The van der Waals surface area contributed by atoms with E-state index in [0.29, 0.717) is 34.3 Å². The van der Waals surface area contributed by atoms with Gasteiger partial charge in [0.15, 0.2) is 5.65 Å². The molecule has 9 nitrogen and oxygen atoms in total. The summed E-state index contributed by atoms with van der Waals surface area (Å²) in [6.45, 7) is 8.92. The van der Waals surface area contributed by atoms with Crippen LogP contribution >= 0.6 is 22.6 Å². The van der Waals surface area contributed by atoms with Crippen LogP contribution in [0.25, 0.3) is 11.0 Å². The lowest BCUT2D eigenvalue weighted by atomic mass is 10.1. The van der Waals surface area contributed by atoms with Gasteiger partial charge >= 0.3 is 6.09 Å². The molecule has 1 atom stereocenters. The van der Waals surface area contributed by atoms with Crippen LogP contribution < -0.4 is 5.32 Å². The minimum atomic E-state index is -3.86. The van der Waals surface area contributed by atoms with Gasteiger partial charge < -0.3 is 10.1 Å². The van der Waals surface area contributed by atoms with Gasteiger partial charge in [-0.05, 0) is 62.4 Å². The number of fused-ring (bicyclic) bond motifs is 1. The third kappa shape index (κ3) is 4.71. The number of carbonyl (C=O) groups is 1. The molecule has 1 unspecified atom stereocenters. The Morgan fingerprint density at radius 3 is 2.58 bits per heavy atom. The number of aryl methyl sites for hydroxylation is 1. The number of halogens is 1. The Morgan fingerprint density at radius 1 is 1.21 bits per heavy atom. The lowest BCUT2D eigenvalue weighted by Gasteiger charge is -2.37. The van der Waals surface area contributed by atoms with Crippen molar-refractivity contribution in [1.29, 1.82) is 0 Å². The molecule has 1 N–H and O–H groups in total. The van der Waals surface area contributed by atoms with Gasteiger partial charge in [0.1, 0.15) is 11.9 Å². The van der Waals surface area contributed by atoms with Gasteiger partial charge in [-0.1, -0.05) is 17.7 Å². The van der Waals surface area contributed by atoms with Crippen LogP contribution in [0.4, 0.5) is 4.79 Å². The van der Waals surface area contributed by atoms with Crippen LogP contribution in [0.1, 0.15) is 38.1 Å². The largest absolute Gasteiger partial charge is 0.444 e. The Labute approximate surface area is 206 Å². The molecule has 11 heteroatoms. The molecular formula is C22H26IN5O4S. The zero-order chi connectivity index (χ0) is 24.0. The van der Waals surface area contributed by atoms with E-state index in [0.717, 1.165) is 5.56 Å². The van der Waals surface area contributed by atoms with Crippen LogP contribution in [0, 0.1) is 10.5 Å². The summed E-state index contributed by atoms with van der Waals surface area (Å²) in [4.78, 5) is 23.5. The van der Waals surface area contributed by atoms with Gasteiger partial charge in [0, 0.05) is 29.4 Å². The highest BCUT2D eigenvalue weighted by Gasteiger charge is 2.35. The molecule has 0 radical (unpaired) electrons. The summed E-state index contributed by atoms with van der Waals surface area (Å²) in [6.07, 6.45) is 2.46. The van der Waals surface area contributed by atoms with Crippen LogP contribution in [0.3, 0.4) is 0 Å². The standard InChI is InChI=1S/C22H26IN5O4S/c1-14-5-7-15(8-6-14)33(30,31)28-12-16(23)18-19(25-13-26-20(18)28)17-11-24-9-10-27(17)21(29)32-22(2,3)4/h5-8,12-13,17,24H,9-11H2,1-4H3. The molecule has 0 aliphatic carbocycles. The van der Waals surface area contributed by atoms with E-state index in [1.807, 2.05) is 27.7 Å². The minimum absolute atomic E-state index is 0.177. The number of aromatic nitrogens is 3. The fourth-order valence-electron chi connectivity index (χ4n) is 3.76. The molecule has 176 valence electrons. The highest BCUT2D eigenvalue weighted by atomic mass is 127. The second kappa shape index (κ2) is 8.84. The number of carbonyl (C=O) groups excluding carboxylic acids is 1. The third-order valence-electron chi connectivity index (χ3n) is 5.30. The topological polar surface area (TPSA) is 106 Å². The molecule has 1 amide bonds. The summed E-state index contributed by atoms with van der Waals surface area (Å²) < 4.78 is 34.3. The number of amides is 1. The average molecular weight is 583 g/mol. The van der Waals surface area contributed by atoms with Crippen molar-refractivity contribution in [1.82, 2.24) is 24.2 Å². The molecular weight excluding hydrogens is 557 g/mol. The van der Waals surface area contributed by atoms with E-state index in [1.165, 1.54) is 10.3 Å². The zero-order valence-electron chi connectivity index (χ0n) is 18.9. The number of ether oxygens (including phenoxy) is 1. The number of nitrogens with zero attached hydrogens (tertiary/aromatic N) is 4. The first kappa shape index (κ1) is 23.9. The molecule has 3 aromatic rings. The predicted octanol–water partition coefficient (Wildman–Crippen LogP) is 3.46. The van der Waals surface area contributed by atoms with Crippen LogP contribution in [-0.2, 0) is 14.8 Å². The maximum atomic E-state index is 13.4. The first-order valence-corrected chi connectivity index (χ1v) is 13.0. The molecule has 0 spiro atoms. The van der Waals surface area contributed by atoms with E-state index in [-0.39, 0.29) is 10.5 Å². The van der Waals surface area contributed by atoms with E-state index < -0.39 is 27.8 Å². The fraction of sp³-hybridized carbons (Fsp3) is 0.409. The monoisotopic (exact) mass is 583 g/mol. The quantitative estimate of drug-likeness (QED) is 0.471. The van der Waals surface area contributed by atoms with Crippen molar-refractivity contribution < 1.29 is 17.9 Å². The molecule has 1 saturated heterocycles. The van der Waals surface area contributed by atoms with Crippen molar-refractivity contribution in [2.75, 3.05) is 19.6 Å². The molecule has 0 bridgehead atoms. The second-order valence-corrected chi connectivity index (χ2v) is 11.9. The third-order valence-corrected chi connectivity index (χ3v) is 7.78. The van der Waals surface area contributed by atoms with Gasteiger partial charge in [0.25, 0.3) is 10.0 Å². The van der Waals surface area contributed by atoms with Crippen molar-refractivity contribution in [3.8, 4) is 0 Å². The number of benzene rings is 1. The molecule has 1 aliphatic heterocycles. The minimum Gasteiger partial charge on any atom is -0.444 e. The molecule has 4 rings (SSSR count). The van der Waals surface area contributed by atoms with Crippen LogP contribution in [0.15, 0.2) is 41.7 Å². The molecule has 2 aromatic heterocycles. The Hall–Kier alpha value is -2.25. The Balaban J connectivity index is 1.81. The maximum absolute atomic E-state index is 13.4. The number of hydrogen-bond donors (Lipinski definition) is 1. The number of rotatable bonds is 3. The van der Waals surface area contributed by atoms with Gasteiger partial charge in [-0.2, -0.15) is 0 Å². The van der Waals surface area contributed by atoms with E-state index >= 15 is 0 Å². The van der Waals surface area contributed by atoms with Crippen LogP contribution in [0.5, 0.6) is 0 Å². The SMILES string of the molecule is Cc1ccc(S(=O)(=O)n2cc(I)c3c(C4CNCCN4C(=O)OC(C)(C)C)ncnc32)cc1. The summed E-state index contributed by atoms with van der Waals surface area (Å²) in [7, 11) is -3.86. The van der Waals surface area contributed by atoms with Crippen LogP contribution in [-0.4, -0.2) is 58.6 Å². The fourth-order valence-corrected chi connectivity index (χ4v) is 6.06. The molecule has 1 fully saturated rings. The highest BCUT2D eigenvalue weighted by Crippen LogP contribution is 2.33. The normalized spacial score (nSPS) is 17.4. The Bertz CT molecular complexity index is 1300. The zero-order valence-corrected chi connectivity index (χ0v) is 21.8. The van der Waals surface area contributed by atoms with Gasteiger partial charge in [0.2, 0.25) is 0 Å². The predicted molar refractivity (Wildman–Crippen MR) is 133 cm³/mol. The second-order valence-electron chi connectivity index (χ2n) is 8.94. The van der Waals surface area contributed by atoms with E-state index in [2.05, 4.69) is 37.9 Å². The number of piperazine rings is 1. The average Bonchev–Trinajstić information content (AvgIpc) is 3.10. The van der Waals surface area contributed by atoms with E-state index in [4.69, 9.17) is 4.74 Å². The lowest BCUT2D eigenvalue weighted by molar-refractivity contribution is 0.0115. The summed E-state index contributed by atoms with van der Waals surface area (Å²) in [5.74, 6) is 0. The van der Waals surface area contributed by atoms with Gasteiger partial charge in [-0.15, -0.1) is 0 Å². The van der Waals surface area contributed by atoms with Gasteiger partial charge in [0.05, 0.1) is 22.0 Å². The Morgan fingerprint density at radius 2 is 1.91 bits per heavy atom. The molecule has 33 heavy (non-hydrogen) atoms. The van der Waals surface area contributed by atoms with Gasteiger partial charge in [-0.3, -0.25) is 4.90 Å². The van der Waals surface area contributed by atoms with Gasteiger partial charge in [-0.25, -0.2) is 27.2 Å². The van der Waals surface area contributed by atoms with Crippen molar-refractivity contribution in [2.45, 2.75) is 44.2 Å². The molecule has 0 saturated carbocycles. The maximum Gasteiger partial charge on any atom is 0.410 e. The number of nitrogens with one attached hydrogen (secondary N) is 1. The van der Waals surface area contributed by atoms with E-state index in [1.54, 1.807) is 35.4 Å². The summed E-state index contributed by atoms with van der Waals surface area (Å²) in [6, 6.07) is 6.26. The van der Waals surface area contributed by atoms with Crippen molar-refractivity contribution in [3.05, 3.63) is 51.6 Å². The highest BCUT2D eigenvalue weighted by molar-refractivity contribution is 14.1. The van der Waals surface area contributed by atoms with Crippen molar-refractivity contribution >= 4 is 49.7 Å². The summed E-state index contributed by atoms with van der Waals surface area (Å²) in [5, 5.41) is 3.90. The molecule has 3 heterocycles.